The number of carboxylic acid groups (broad SMARTS) is 1. The molecule has 2 amide bonds. The topological polar surface area (TPSA) is 97.3 Å². The summed E-state index contributed by atoms with van der Waals surface area (Å²) in [5.74, 6) is -0.566. The number of para-hydroxylation sites is 1. The van der Waals surface area contributed by atoms with Gasteiger partial charge in [-0.3, -0.25) is 0 Å². The molecule has 8 nitrogen and oxygen atoms in total. The lowest BCUT2D eigenvalue weighted by molar-refractivity contribution is -0.150. The van der Waals surface area contributed by atoms with Gasteiger partial charge in [-0.2, -0.15) is 13.2 Å². The Hall–Kier alpha value is -4.32. The number of nitrogens with zero attached hydrogens (tertiary/aromatic N) is 1. The van der Waals surface area contributed by atoms with Gasteiger partial charge in [-0.1, -0.05) is 24.3 Å². The Kier molecular flexibility index (Phi) is 12.0. The molecule has 2 N–H and O–H groups in total. The van der Waals surface area contributed by atoms with Gasteiger partial charge < -0.3 is 29.5 Å². The summed E-state index contributed by atoms with van der Waals surface area (Å²) in [5.41, 5.74) is -0.608. The van der Waals surface area contributed by atoms with Crippen molar-refractivity contribution in [3.05, 3.63) is 89.7 Å². The number of ether oxygens (including phenoxy) is 3. The lowest BCUT2D eigenvalue weighted by Gasteiger charge is -2.24. The molecule has 0 aliphatic rings. The molecule has 0 heterocycles. The molecule has 0 bridgehead atoms. The molecule has 0 fully saturated rings. The van der Waals surface area contributed by atoms with Crippen molar-refractivity contribution in [1.29, 1.82) is 0 Å². The van der Waals surface area contributed by atoms with E-state index in [9.17, 15) is 32.3 Å². The van der Waals surface area contributed by atoms with Crippen LogP contribution in [0, 0.1) is 5.82 Å². The number of hydrogen-bond acceptors (Lipinski definition) is 5. The number of aliphatic carboxylic acids is 1. The van der Waals surface area contributed by atoms with Crippen molar-refractivity contribution >= 4 is 17.7 Å². The van der Waals surface area contributed by atoms with Crippen molar-refractivity contribution in [2.24, 2.45) is 0 Å². The molecule has 0 saturated carbocycles. The zero-order chi connectivity index (χ0) is 30.5. The van der Waals surface area contributed by atoms with Crippen molar-refractivity contribution in [3.8, 4) is 11.5 Å². The number of carbonyl (C=O) groups is 2. The Morgan fingerprint density at radius 3 is 2.14 bits per heavy atom. The first kappa shape index (κ1) is 32.2. The highest BCUT2D eigenvalue weighted by atomic mass is 19.4. The first-order chi connectivity index (χ1) is 20.1. The van der Waals surface area contributed by atoms with Crippen LogP contribution in [0.5, 0.6) is 11.5 Å². The Morgan fingerprint density at radius 1 is 0.905 bits per heavy atom. The monoisotopic (exact) mass is 592 g/mol. The van der Waals surface area contributed by atoms with Gasteiger partial charge >= 0.3 is 18.2 Å². The van der Waals surface area contributed by atoms with Crippen LogP contribution >= 0.6 is 0 Å². The fraction of sp³-hybridized carbons (Fsp3) is 0.333. The smallest absolute Gasteiger partial charge is 0.418 e. The van der Waals surface area contributed by atoms with Crippen LogP contribution in [0.15, 0.2) is 72.8 Å². The zero-order valence-corrected chi connectivity index (χ0v) is 22.9. The second kappa shape index (κ2) is 15.6. The Morgan fingerprint density at radius 2 is 1.52 bits per heavy atom. The van der Waals surface area contributed by atoms with Crippen molar-refractivity contribution in [1.82, 2.24) is 4.90 Å². The van der Waals surface area contributed by atoms with E-state index in [-0.39, 0.29) is 45.0 Å². The molecule has 3 aromatic rings. The van der Waals surface area contributed by atoms with Gasteiger partial charge in [-0.05, 0) is 67.4 Å². The molecule has 0 spiro atoms. The summed E-state index contributed by atoms with van der Waals surface area (Å²) < 4.78 is 70.0. The van der Waals surface area contributed by atoms with Gasteiger partial charge in [0.05, 0.1) is 24.4 Å². The minimum absolute atomic E-state index is 0.0310. The normalized spacial score (nSPS) is 11.9. The number of anilines is 1. The van der Waals surface area contributed by atoms with Crippen LogP contribution in [0.4, 0.5) is 28.0 Å². The van der Waals surface area contributed by atoms with Crippen molar-refractivity contribution in [2.75, 3.05) is 38.2 Å². The van der Waals surface area contributed by atoms with Gasteiger partial charge in [-0.15, -0.1) is 0 Å². The second-order valence-corrected chi connectivity index (χ2v) is 9.10. The first-order valence-corrected chi connectivity index (χ1v) is 13.2. The molecular weight excluding hydrogens is 560 g/mol. The number of alkyl halides is 3. The molecule has 42 heavy (non-hydrogen) atoms. The summed E-state index contributed by atoms with van der Waals surface area (Å²) >= 11 is 0. The molecule has 3 aromatic carbocycles. The van der Waals surface area contributed by atoms with Crippen LogP contribution in [0.1, 0.15) is 24.5 Å². The standard InChI is InChI=1S/C30H32F4N2O6/c1-2-40-27(28(37)38)20-21-8-12-23(13-9-21)42-19-17-36(16-5-18-41-24-14-10-22(31)11-15-24)29(39)35-26-7-4-3-6-25(26)30(32,33)34/h3-4,6-15,27H,2,5,16-20H2,1H3,(H,35,39)(H,37,38). The number of carboxylic acids is 1. The maximum Gasteiger partial charge on any atom is 0.418 e. The van der Waals surface area contributed by atoms with Crippen LogP contribution in [-0.4, -0.2) is 61.0 Å². The van der Waals surface area contributed by atoms with E-state index in [1.807, 2.05) is 0 Å². The molecule has 12 heteroatoms. The van der Waals surface area contributed by atoms with Gasteiger partial charge in [-0.25, -0.2) is 14.0 Å². The molecule has 3 rings (SSSR count). The molecule has 0 aliphatic heterocycles. The SMILES string of the molecule is CCOC(Cc1ccc(OCCN(CCCOc2ccc(F)cc2)C(=O)Nc2ccccc2C(F)(F)F)cc1)C(=O)O. The molecule has 0 saturated heterocycles. The van der Waals surface area contributed by atoms with Gasteiger partial charge in [0, 0.05) is 19.6 Å². The summed E-state index contributed by atoms with van der Waals surface area (Å²) in [6.07, 6.45) is -5.11. The predicted molar refractivity (Wildman–Crippen MR) is 147 cm³/mol. The Bertz CT molecular complexity index is 1290. The minimum atomic E-state index is -4.65. The third kappa shape index (κ3) is 10.3. The highest BCUT2D eigenvalue weighted by Crippen LogP contribution is 2.34. The third-order valence-corrected chi connectivity index (χ3v) is 6.03. The zero-order valence-electron chi connectivity index (χ0n) is 22.9. The molecule has 0 aliphatic carbocycles. The van der Waals surface area contributed by atoms with Crippen LogP contribution in [0.25, 0.3) is 0 Å². The van der Waals surface area contributed by atoms with E-state index in [0.29, 0.717) is 17.9 Å². The van der Waals surface area contributed by atoms with Crippen LogP contribution in [0.3, 0.4) is 0 Å². The fourth-order valence-electron chi connectivity index (χ4n) is 3.95. The highest BCUT2D eigenvalue weighted by Gasteiger charge is 2.34. The lowest BCUT2D eigenvalue weighted by atomic mass is 10.1. The molecule has 226 valence electrons. The van der Waals surface area contributed by atoms with E-state index in [0.717, 1.165) is 11.6 Å². The van der Waals surface area contributed by atoms with E-state index in [4.69, 9.17) is 14.2 Å². The summed E-state index contributed by atoms with van der Waals surface area (Å²) in [4.78, 5) is 25.7. The molecule has 1 unspecified atom stereocenters. The Balaban J connectivity index is 1.61. The maximum atomic E-state index is 13.4. The Labute approximate surface area is 240 Å². The molecular formula is C30H32F4N2O6. The predicted octanol–water partition coefficient (Wildman–Crippen LogP) is 6.26. The van der Waals surface area contributed by atoms with Crippen LogP contribution in [0.2, 0.25) is 0 Å². The van der Waals surface area contributed by atoms with Crippen molar-refractivity contribution in [3.63, 3.8) is 0 Å². The van der Waals surface area contributed by atoms with Gasteiger partial charge in [0.15, 0.2) is 6.10 Å². The number of rotatable bonds is 15. The molecule has 0 radical (unpaired) electrons. The van der Waals surface area contributed by atoms with Crippen LogP contribution in [-0.2, 0) is 22.1 Å². The van der Waals surface area contributed by atoms with E-state index >= 15 is 0 Å². The maximum absolute atomic E-state index is 13.4. The highest BCUT2D eigenvalue weighted by molar-refractivity contribution is 5.90. The van der Waals surface area contributed by atoms with Gasteiger partial charge in [0.2, 0.25) is 0 Å². The average molecular weight is 593 g/mol. The van der Waals surface area contributed by atoms with Crippen molar-refractivity contribution < 1.29 is 46.5 Å². The molecule has 1 atom stereocenters. The lowest BCUT2D eigenvalue weighted by Crippen LogP contribution is -2.39. The van der Waals surface area contributed by atoms with Crippen LogP contribution < -0.4 is 14.8 Å². The number of benzene rings is 3. The van der Waals surface area contributed by atoms with Gasteiger partial charge in [0.25, 0.3) is 0 Å². The number of hydrogen-bond donors (Lipinski definition) is 2. The summed E-state index contributed by atoms with van der Waals surface area (Å²) in [6, 6.07) is 16.1. The number of carbonyl (C=O) groups excluding carboxylic acids is 1. The average Bonchev–Trinajstić information content (AvgIpc) is 2.95. The van der Waals surface area contributed by atoms with E-state index in [1.54, 1.807) is 31.2 Å². The third-order valence-electron chi connectivity index (χ3n) is 6.03. The summed E-state index contributed by atoms with van der Waals surface area (Å²) in [6.45, 7) is 2.37. The van der Waals surface area contributed by atoms with E-state index < -0.39 is 35.7 Å². The number of urea groups is 1. The summed E-state index contributed by atoms with van der Waals surface area (Å²) in [7, 11) is 0. The number of amides is 2. The van der Waals surface area contributed by atoms with Gasteiger partial charge in [0.1, 0.15) is 23.9 Å². The van der Waals surface area contributed by atoms with Crippen molar-refractivity contribution in [2.45, 2.75) is 32.0 Å². The van der Waals surface area contributed by atoms with E-state index in [1.165, 1.54) is 47.4 Å². The largest absolute Gasteiger partial charge is 0.494 e. The number of nitrogens with one attached hydrogen (secondary N) is 1. The first-order valence-electron chi connectivity index (χ1n) is 13.2. The minimum Gasteiger partial charge on any atom is -0.494 e. The number of halogens is 4. The summed E-state index contributed by atoms with van der Waals surface area (Å²) in [5, 5.41) is 11.6. The molecule has 0 aromatic heterocycles. The fourth-order valence-corrected chi connectivity index (χ4v) is 3.95. The quantitative estimate of drug-likeness (QED) is 0.160. The second-order valence-electron chi connectivity index (χ2n) is 9.10. The van der Waals surface area contributed by atoms with E-state index in [2.05, 4.69) is 5.32 Å².